The minimum atomic E-state index is -0.236. The van der Waals surface area contributed by atoms with Gasteiger partial charge < -0.3 is 15.4 Å². The van der Waals surface area contributed by atoms with Gasteiger partial charge in [-0.05, 0) is 57.6 Å². The second kappa shape index (κ2) is 10.2. The van der Waals surface area contributed by atoms with Gasteiger partial charge in [0.15, 0.2) is 0 Å². The van der Waals surface area contributed by atoms with Crippen LogP contribution in [0, 0.1) is 3.57 Å². The second-order valence-electron chi connectivity index (χ2n) is 7.38. The fourth-order valence-corrected chi connectivity index (χ4v) is 4.17. The molecule has 2 amide bonds. The van der Waals surface area contributed by atoms with Crippen molar-refractivity contribution in [2.45, 2.75) is 0 Å². The lowest BCUT2D eigenvalue weighted by atomic mass is 10.0. The van der Waals surface area contributed by atoms with Crippen molar-refractivity contribution in [3.8, 4) is 0 Å². The molecule has 0 unspecified atom stereocenters. The van der Waals surface area contributed by atoms with Crippen LogP contribution in [0.3, 0.4) is 0 Å². The van der Waals surface area contributed by atoms with E-state index in [9.17, 15) is 9.59 Å². The highest BCUT2D eigenvalue weighted by Crippen LogP contribution is 2.23. The van der Waals surface area contributed by atoms with Gasteiger partial charge in [0, 0.05) is 35.3 Å². The molecule has 160 valence electrons. The minimum absolute atomic E-state index is 0.194. The Balaban J connectivity index is 1.48. The average molecular weight is 529 g/mol. The highest BCUT2D eigenvalue weighted by Gasteiger charge is 2.17. The third-order valence-corrected chi connectivity index (χ3v) is 6.00. The molecule has 0 bridgehead atoms. The lowest BCUT2D eigenvalue weighted by Crippen LogP contribution is -2.41. The van der Waals surface area contributed by atoms with Crippen molar-refractivity contribution < 1.29 is 14.3 Å². The van der Waals surface area contributed by atoms with Crippen LogP contribution in [0.1, 0.15) is 20.7 Å². The van der Waals surface area contributed by atoms with Crippen LogP contribution in [-0.4, -0.2) is 56.1 Å². The quantitative estimate of drug-likeness (QED) is 0.478. The van der Waals surface area contributed by atoms with E-state index < -0.39 is 0 Å². The van der Waals surface area contributed by atoms with Crippen molar-refractivity contribution in [1.29, 1.82) is 0 Å². The molecule has 3 aromatic carbocycles. The molecule has 1 saturated heterocycles. The summed E-state index contributed by atoms with van der Waals surface area (Å²) in [5, 5.41) is 7.80. The highest BCUT2D eigenvalue weighted by atomic mass is 127. The number of morpholine rings is 1. The number of fused-ring (bicyclic) bond motifs is 1. The third-order valence-electron chi connectivity index (χ3n) is 5.33. The largest absolute Gasteiger partial charge is 0.379 e. The smallest absolute Gasteiger partial charge is 0.256 e. The van der Waals surface area contributed by atoms with Gasteiger partial charge in [0.1, 0.15) is 0 Å². The van der Waals surface area contributed by atoms with Crippen LogP contribution in [0.15, 0.2) is 60.7 Å². The van der Waals surface area contributed by atoms with Crippen molar-refractivity contribution in [3.63, 3.8) is 0 Å². The molecule has 7 heteroatoms. The topological polar surface area (TPSA) is 70.7 Å². The van der Waals surface area contributed by atoms with Gasteiger partial charge in [0.25, 0.3) is 11.8 Å². The summed E-state index contributed by atoms with van der Waals surface area (Å²) in [6, 6.07) is 18.9. The number of amides is 2. The Bertz CT molecular complexity index is 1090. The van der Waals surface area contributed by atoms with Crippen LogP contribution in [-0.2, 0) is 4.74 Å². The first-order chi connectivity index (χ1) is 15.1. The summed E-state index contributed by atoms with van der Waals surface area (Å²) in [6.07, 6.45) is 0. The Morgan fingerprint density at radius 1 is 0.935 bits per heavy atom. The second-order valence-corrected chi connectivity index (χ2v) is 8.63. The summed E-state index contributed by atoms with van der Waals surface area (Å²) in [5.41, 5.74) is 1.54. The summed E-state index contributed by atoms with van der Waals surface area (Å²) in [5.74, 6) is -0.430. The molecule has 0 spiro atoms. The van der Waals surface area contributed by atoms with E-state index in [1.54, 1.807) is 18.2 Å². The van der Waals surface area contributed by atoms with Gasteiger partial charge >= 0.3 is 0 Å². The zero-order valence-electron chi connectivity index (χ0n) is 17.1. The number of ether oxygens (including phenoxy) is 1. The zero-order valence-corrected chi connectivity index (χ0v) is 19.2. The predicted octanol–water partition coefficient (Wildman–Crippen LogP) is 3.76. The van der Waals surface area contributed by atoms with Crippen LogP contribution in [0.2, 0.25) is 0 Å². The first kappa shape index (κ1) is 21.7. The molecular formula is C24H24IN3O3. The number of benzene rings is 3. The van der Waals surface area contributed by atoms with E-state index in [0.717, 1.165) is 47.2 Å². The van der Waals surface area contributed by atoms with Gasteiger partial charge in [-0.25, -0.2) is 0 Å². The maximum atomic E-state index is 13.0. The fourth-order valence-electron chi connectivity index (χ4n) is 3.67. The highest BCUT2D eigenvalue weighted by molar-refractivity contribution is 14.1. The standard InChI is InChI=1S/C24H24IN3O3/c25-18-8-9-22(21(16-18)23(29)26-10-11-28-12-14-31-15-13-28)27-24(30)20-7-3-5-17-4-1-2-6-19(17)20/h1-9,16H,10-15H2,(H,26,29)(H,27,30). The molecule has 6 nitrogen and oxygen atoms in total. The lowest BCUT2D eigenvalue weighted by Gasteiger charge is -2.26. The summed E-state index contributed by atoms with van der Waals surface area (Å²) >= 11 is 2.17. The predicted molar refractivity (Wildman–Crippen MR) is 131 cm³/mol. The van der Waals surface area contributed by atoms with Crippen LogP contribution in [0.25, 0.3) is 10.8 Å². The maximum Gasteiger partial charge on any atom is 0.256 e. The monoisotopic (exact) mass is 529 g/mol. The van der Waals surface area contributed by atoms with Crippen LogP contribution >= 0.6 is 22.6 Å². The number of nitrogens with zero attached hydrogens (tertiary/aromatic N) is 1. The van der Waals surface area contributed by atoms with Crippen LogP contribution in [0.4, 0.5) is 5.69 Å². The molecule has 1 fully saturated rings. The molecular weight excluding hydrogens is 505 g/mol. The summed E-state index contributed by atoms with van der Waals surface area (Å²) < 4.78 is 6.29. The first-order valence-corrected chi connectivity index (χ1v) is 11.4. The SMILES string of the molecule is O=C(NCCN1CCOCC1)c1cc(I)ccc1NC(=O)c1cccc2ccccc12. The number of nitrogens with one attached hydrogen (secondary N) is 2. The molecule has 2 N–H and O–H groups in total. The summed E-state index contributed by atoms with van der Waals surface area (Å²) in [4.78, 5) is 28.2. The molecule has 0 radical (unpaired) electrons. The van der Waals surface area contributed by atoms with E-state index in [-0.39, 0.29) is 11.8 Å². The Morgan fingerprint density at radius 2 is 1.71 bits per heavy atom. The van der Waals surface area contributed by atoms with E-state index in [1.165, 1.54) is 0 Å². The Morgan fingerprint density at radius 3 is 2.55 bits per heavy atom. The number of rotatable bonds is 6. The third kappa shape index (κ3) is 5.41. The number of halogens is 1. The van der Waals surface area contributed by atoms with Crippen molar-refractivity contribution in [2.75, 3.05) is 44.7 Å². The van der Waals surface area contributed by atoms with Gasteiger partial charge in [0.2, 0.25) is 0 Å². The van der Waals surface area contributed by atoms with Crippen molar-refractivity contribution in [1.82, 2.24) is 10.2 Å². The van der Waals surface area contributed by atoms with Crippen molar-refractivity contribution >= 4 is 50.9 Å². The molecule has 1 heterocycles. The Hall–Kier alpha value is -2.49. The van der Waals surface area contributed by atoms with Gasteiger partial charge in [-0.15, -0.1) is 0 Å². The lowest BCUT2D eigenvalue weighted by molar-refractivity contribution is 0.0383. The number of anilines is 1. The van der Waals surface area contributed by atoms with Gasteiger partial charge in [-0.1, -0.05) is 36.4 Å². The fraction of sp³-hybridized carbons (Fsp3) is 0.250. The number of hydrogen-bond donors (Lipinski definition) is 2. The normalized spacial score (nSPS) is 14.4. The summed E-state index contributed by atoms with van der Waals surface area (Å²) in [6.45, 7) is 4.54. The van der Waals surface area contributed by atoms with E-state index in [4.69, 9.17) is 4.74 Å². The minimum Gasteiger partial charge on any atom is -0.379 e. The van der Waals surface area contributed by atoms with E-state index in [1.807, 2.05) is 42.5 Å². The average Bonchev–Trinajstić information content (AvgIpc) is 2.80. The molecule has 31 heavy (non-hydrogen) atoms. The molecule has 1 aliphatic heterocycles. The first-order valence-electron chi connectivity index (χ1n) is 10.3. The van der Waals surface area contributed by atoms with Crippen molar-refractivity contribution in [2.24, 2.45) is 0 Å². The maximum absolute atomic E-state index is 13.0. The van der Waals surface area contributed by atoms with Crippen molar-refractivity contribution in [3.05, 3.63) is 75.4 Å². The van der Waals surface area contributed by atoms with Crippen LogP contribution < -0.4 is 10.6 Å². The molecule has 1 aliphatic rings. The van der Waals surface area contributed by atoms with Gasteiger partial charge in [-0.3, -0.25) is 14.5 Å². The van der Waals surface area contributed by atoms with E-state index in [2.05, 4.69) is 38.1 Å². The Kier molecular flexibility index (Phi) is 7.16. The summed E-state index contributed by atoms with van der Waals surface area (Å²) in [7, 11) is 0. The molecule has 0 atom stereocenters. The number of carbonyl (C=O) groups excluding carboxylic acids is 2. The zero-order chi connectivity index (χ0) is 21.6. The molecule has 3 aromatic rings. The number of hydrogen-bond acceptors (Lipinski definition) is 4. The molecule has 4 rings (SSSR count). The molecule has 0 saturated carbocycles. The van der Waals surface area contributed by atoms with Crippen LogP contribution in [0.5, 0.6) is 0 Å². The number of carbonyl (C=O) groups is 2. The van der Waals surface area contributed by atoms with Gasteiger partial charge in [-0.2, -0.15) is 0 Å². The Labute approximate surface area is 195 Å². The molecule has 0 aromatic heterocycles. The van der Waals surface area contributed by atoms with Gasteiger partial charge in [0.05, 0.1) is 24.5 Å². The molecule has 0 aliphatic carbocycles. The van der Waals surface area contributed by atoms with E-state index >= 15 is 0 Å². The van der Waals surface area contributed by atoms with E-state index in [0.29, 0.717) is 23.4 Å².